The van der Waals surface area contributed by atoms with Crippen LogP contribution in [0.3, 0.4) is 0 Å². The summed E-state index contributed by atoms with van der Waals surface area (Å²) in [5, 5.41) is 0. The Hall–Kier alpha value is 0.0900. The topological polar surface area (TPSA) is 0 Å². The Balaban J connectivity index is 3.49. The molecule has 0 amide bonds. The normalized spacial score (nSPS) is 8.88. The van der Waals surface area contributed by atoms with Gasteiger partial charge in [0.1, 0.15) is 0 Å². The van der Waals surface area contributed by atoms with E-state index in [2.05, 4.69) is 32.6 Å². The maximum Gasteiger partial charge on any atom is 0.00851 e. The van der Waals surface area contributed by atoms with Crippen LogP contribution in [0.1, 0.15) is 26.7 Å². The molecule has 0 saturated carbocycles. The molecule has 0 radical (unpaired) electrons. The SMILES string of the molecule is CCC(=CCS)CC. The second-order valence-corrected chi connectivity index (χ2v) is 2.12. The predicted molar refractivity (Wildman–Crippen MR) is 42.5 cm³/mol. The molecule has 0 spiro atoms. The molecule has 0 bridgehead atoms. The lowest BCUT2D eigenvalue weighted by Gasteiger charge is -1.95. The molecule has 0 aliphatic heterocycles. The highest BCUT2D eigenvalue weighted by atomic mass is 32.1. The largest absolute Gasteiger partial charge is 0.175 e. The standard InChI is InChI=1S/C7H14S/c1-3-7(4-2)5-6-8/h5,8H,3-4,6H2,1-2H3. The van der Waals surface area contributed by atoms with Crippen molar-refractivity contribution in [2.45, 2.75) is 26.7 Å². The van der Waals surface area contributed by atoms with Crippen molar-refractivity contribution in [1.82, 2.24) is 0 Å². The minimum absolute atomic E-state index is 0.886. The van der Waals surface area contributed by atoms with Crippen LogP contribution in [0.5, 0.6) is 0 Å². The molecular formula is C7H14S. The van der Waals surface area contributed by atoms with Crippen molar-refractivity contribution in [1.29, 1.82) is 0 Å². The first-order valence-corrected chi connectivity index (χ1v) is 3.77. The van der Waals surface area contributed by atoms with E-state index in [-0.39, 0.29) is 0 Å². The van der Waals surface area contributed by atoms with Crippen molar-refractivity contribution < 1.29 is 0 Å². The molecule has 48 valence electrons. The third-order valence-corrected chi connectivity index (χ3v) is 1.47. The molecular weight excluding hydrogens is 116 g/mol. The van der Waals surface area contributed by atoms with E-state index in [1.807, 2.05) is 0 Å². The van der Waals surface area contributed by atoms with Crippen LogP contribution in [0.15, 0.2) is 11.6 Å². The van der Waals surface area contributed by atoms with Gasteiger partial charge in [-0.1, -0.05) is 25.5 Å². The second kappa shape index (κ2) is 5.23. The van der Waals surface area contributed by atoms with Crippen LogP contribution in [0, 0.1) is 0 Å². The van der Waals surface area contributed by atoms with E-state index in [4.69, 9.17) is 0 Å². The van der Waals surface area contributed by atoms with Crippen LogP contribution in [0.4, 0.5) is 0 Å². The maximum atomic E-state index is 4.09. The average Bonchev–Trinajstić information content (AvgIpc) is 1.83. The van der Waals surface area contributed by atoms with E-state index in [0.29, 0.717) is 0 Å². The smallest absolute Gasteiger partial charge is 0.00851 e. The zero-order valence-corrected chi connectivity index (χ0v) is 6.54. The molecule has 0 saturated heterocycles. The van der Waals surface area contributed by atoms with Gasteiger partial charge in [0.2, 0.25) is 0 Å². The first-order chi connectivity index (χ1) is 3.85. The fourth-order valence-corrected chi connectivity index (χ4v) is 0.926. The number of thiol groups is 1. The van der Waals surface area contributed by atoms with Crippen molar-refractivity contribution in [2.24, 2.45) is 0 Å². The van der Waals surface area contributed by atoms with Gasteiger partial charge in [0, 0.05) is 5.75 Å². The van der Waals surface area contributed by atoms with Crippen LogP contribution in [-0.2, 0) is 0 Å². The fraction of sp³-hybridized carbons (Fsp3) is 0.714. The Morgan fingerprint density at radius 1 is 1.38 bits per heavy atom. The highest BCUT2D eigenvalue weighted by molar-refractivity contribution is 7.80. The summed E-state index contributed by atoms with van der Waals surface area (Å²) >= 11 is 4.09. The lowest BCUT2D eigenvalue weighted by atomic mass is 10.1. The minimum Gasteiger partial charge on any atom is -0.175 e. The Morgan fingerprint density at radius 3 is 2.00 bits per heavy atom. The van der Waals surface area contributed by atoms with Gasteiger partial charge in [-0.25, -0.2) is 0 Å². The van der Waals surface area contributed by atoms with Crippen molar-refractivity contribution in [3.63, 3.8) is 0 Å². The van der Waals surface area contributed by atoms with E-state index in [9.17, 15) is 0 Å². The molecule has 0 aliphatic carbocycles. The summed E-state index contributed by atoms with van der Waals surface area (Å²) in [5.41, 5.74) is 1.51. The Bertz CT molecular complexity index is 68.5. The van der Waals surface area contributed by atoms with Crippen molar-refractivity contribution >= 4 is 12.6 Å². The van der Waals surface area contributed by atoms with Crippen molar-refractivity contribution in [3.8, 4) is 0 Å². The zero-order chi connectivity index (χ0) is 6.41. The number of allylic oxidation sites excluding steroid dienone is 1. The van der Waals surface area contributed by atoms with E-state index >= 15 is 0 Å². The third kappa shape index (κ3) is 3.14. The molecule has 0 aromatic heterocycles. The molecule has 0 aliphatic rings. The lowest BCUT2D eigenvalue weighted by Crippen LogP contribution is -1.76. The number of hydrogen-bond donors (Lipinski definition) is 1. The zero-order valence-electron chi connectivity index (χ0n) is 5.65. The van der Waals surface area contributed by atoms with E-state index < -0.39 is 0 Å². The van der Waals surface area contributed by atoms with Gasteiger partial charge in [-0.05, 0) is 12.8 Å². The van der Waals surface area contributed by atoms with Crippen LogP contribution in [0.25, 0.3) is 0 Å². The Kier molecular flexibility index (Phi) is 5.29. The van der Waals surface area contributed by atoms with Crippen molar-refractivity contribution in [2.75, 3.05) is 5.75 Å². The van der Waals surface area contributed by atoms with Crippen LogP contribution in [0.2, 0.25) is 0 Å². The predicted octanol–water partition coefficient (Wildman–Crippen LogP) is 2.66. The summed E-state index contributed by atoms with van der Waals surface area (Å²) in [6.45, 7) is 4.36. The molecule has 0 atom stereocenters. The van der Waals surface area contributed by atoms with Gasteiger partial charge < -0.3 is 0 Å². The van der Waals surface area contributed by atoms with Crippen LogP contribution in [-0.4, -0.2) is 5.75 Å². The first-order valence-electron chi connectivity index (χ1n) is 3.13. The first kappa shape index (κ1) is 8.09. The van der Waals surface area contributed by atoms with Gasteiger partial charge in [-0.15, -0.1) is 0 Å². The minimum atomic E-state index is 0.886. The number of rotatable bonds is 3. The molecule has 0 aromatic rings. The molecule has 0 rings (SSSR count). The summed E-state index contributed by atoms with van der Waals surface area (Å²) in [7, 11) is 0. The van der Waals surface area contributed by atoms with E-state index in [0.717, 1.165) is 5.75 Å². The summed E-state index contributed by atoms with van der Waals surface area (Å²) in [4.78, 5) is 0. The summed E-state index contributed by atoms with van der Waals surface area (Å²) < 4.78 is 0. The quantitative estimate of drug-likeness (QED) is 0.440. The van der Waals surface area contributed by atoms with Gasteiger partial charge in [-0.2, -0.15) is 12.6 Å². The second-order valence-electron chi connectivity index (χ2n) is 1.75. The Labute approximate surface area is 57.4 Å². The molecule has 0 nitrogen and oxygen atoms in total. The van der Waals surface area contributed by atoms with Crippen LogP contribution < -0.4 is 0 Å². The molecule has 8 heavy (non-hydrogen) atoms. The van der Waals surface area contributed by atoms with Crippen molar-refractivity contribution in [3.05, 3.63) is 11.6 Å². The fourth-order valence-electron chi connectivity index (χ4n) is 0.668. The van der Waals surface area contributed by atoms with Gasteiger partial charge >= 0.3 is 0 Å². The molecule has 1 heteroatoms. The van der Waals surface area contributed by atoms with E-state index in [1.54, 1.807) is 0 Å². The van der Waals surface area contributed by atoms with Gasteiger partial charge in [0.15, 0.2) is 0 Å². The molecule has 0 fully saturated rings. The van der Waals surface area contributed by atoms with Gasteiger partial charge in [0.25, 0.3) is 0 Å². The third-order valence-electron chi connectivity index (χ3n) is 1.29. The highest BCUT2D eigenvalue weighted by Crippen LogP contribution is 2.04. The molecule has 0 unspecified atom stereocenters. The molecule has 0 N–H and O–H groups in total. The molecule has 0 heterocycles. The average molecular weight is 130 g/mol. The van der Waals surface area contributed by atoms with E-state index in [1.165, 1.54) is 18.4 Å². The van der Waals surface area contributed by atoms with Gasteiger partial charge in [0.05, 0.1) is 0 Å². The lowest BCUT2D eigenvalue weighted by molar-refractivity contribution is 0.973. The summed E-state index contributed by atoms with van der Waals surface area (Å²) in [6.07, 6.45) is 4.54. The van der Waals surface area contributed by atoms with Gasteiger partial charge in [-0.3, -0.25) is 0 Å². The molecule has 0 aromatic carbocycles. The summed E-state index contributed by atoms with van der Waals surface area (Å²) in [5.74, 6) is 0.886. The number of hydrogen-bond acceptors (Lipinski definition) is 1. The van der Waals surface area contributed by atoms with Crippen LogP contribution >= 0.6 is 12.6 Å². The summed E-state index contributed by atoms with van der Waals surface area (Å²) in [6, 6.07) is 0. The Morgan fingerprint density at radius 2 is 1.88 bits per heavy atom. The monoisotopic (exact) mass is 130 g/mol. The maximum absolute atomic E-state index is 4.09. The highest BCUT2D eigenvalue weighted by Gasteiger charge is 1.84.